The number of ether oxygens (including phenoxy) is 1. The number of carbonyl (C=O) groups is 1. The van der Waals surface area contributed by atoms with E-state index < -0.39 is 0 Å². The molecular weight excluding hydrogens is 266 g/mol. The van der Waals surface area contributed by atoms with Gasteiger partial charge in [-0.1, -0.05) is 6.07 Å². The number of rotatable bonds is 4. The summed E-state index contributed by atoms with van der Waals surface area (Å²) in [6.45, 7) is 1.96. The molecule has 0 aliphatic rings. The molecule has 5 nitrogen and oxygen atoms in total. The minimum atomic E-state index is -0.172. The van der Waals surface area contributed by atoms with Gasteiger partial charge in [0.1, 0.15) is 11.3 Å². The van der Waals surface area contributed by atoms with Crippen LogP contribution < -0.4 is 10.5 Å². The fourth-order valence-electron chi connectivity index (χ4n) is 2.16. The van der Waals surface area contributed by atoms with Crippen LogP contribution in [0.4, 0.5) is 5.69 Å². The van der Waals surface area contributed by atoms with Crippen molar-refractivity contribution in [3.8, 4) is 5.75 Å². The van der Waals surface area contributed by atoms with Gasteiger partial charge < -0.3 is 15.4 Å². The molecule has 0 aliphatic heterocycles. The number of carbonyl (C=O) groups excluding carboxylic acids is 1. The van der Waals surface area contributed by atoms with E-state index in [1.54, 1.807) is 42.5 Å². The van der Waals surface area contributed by atoms with E-state index >= 15 is 0 Å². The number of pyridine rings is 1. The largest absolute Gasteiger partial charge is 0.496 e. The van der Waals surface area contributed by atoms with E-state index in [-0.39, 0.29) is 11.9 Å². The summed E-state index contributed by atoms with van der Waals surface area (Å²) in [7, 11) is 3.27. The number of nitrogens with zero attached hydrogens (tertiary/aromatic N) is 2. The van der Waals surface area contributed by atoms with Gasteiger partial charge in [-0.25, -0.2) is 0 Å². The van der Waals surface area contributed by atoms with Crippen LogP contribution >= 0.6 is 0 Å². The van der Waals surface area contributed by atoms with Gasteiger partial charge in [-0.2, -0.15) is 0 Å². The third-order valence-corrected chi connectivity index (χ3v) is 3.58. The number of hydrogen-bond donors (Lipinski definition) is 1. The normalized spacial score (nSPS) is 11.8. The maximum Gasteiger partial charge on any atom is 0.259 e. The van der Waals surface area contributed by atoms with E-state index in [1.165, 1.54) is 7.11 Å². The van der Waals surface area contributed by atoms with Crippen LogP contribution in [0.2, 0.25) is 0 Å². The van der Waals surface area contributed by atoms with Crippen molar-refractivity contribution in [2.45, 2.75) is 13.0 Å². The lowest BCUT2D eigenvalue weighted by Gasteiger charge is -2.26. The zero-order chi connectivity index (χ0) is 15.4. The molecule has 1 aromatic carbocycles. The lowest BCUT2D eigenvalue weighted by molar-refractivity contribution is 0.0740. The third-order valence-electron chi connectivity index (χ3n) is 3.58. The number of benzene rings is 1. The Balaban J connectivity index is 2.32. The summed E-state index contributed by atoms with van der Waals surface area (Å²) < 4.78 is 5.25. The summed E-state index contributed by atoms with van der Waals surface area (Å²) in [5.41, 5.74) is 7.75. The maximum atomic E-state index is 12.7. The first kappa shape index (κ1) is 14.8. The minimum Gasteiger partial charge on any atom is -0.496 e. The van der Waals surface area contributed by atoms with Crippen molar-refractivity contribution in [2.24, 2.45) is 0 Å². The standard InChI is InChI=1S/C16H19N3O2/c1-11(12-7-9-18-10-8-12)19(2)16(20)15-13(17)5-4-6-14(15)21-3/h4-11H,17H2,1-3H3. The molecule has 1 amide bonds. The Hall–Kier alpha value is -2.56. The van der Waals surface area contributed by atoms with Crippen molar-refractivity contribution in [1.82, 2.24) is 9.88 Å². The summed E-state index contributed by atoms with van der Waals surface area (Å²) in [6.07, 6.45) is 3.42. The Labute approximate surface area is 124 Å². The molecule has 21 heavy (non-hydrogen) atoms. The summed E-state index contributed by atoms with van der Waals surface area (Å²) >= 11 is 0. The van der Waals surface area contributed by atoms with E-state index in [1.807, 2.05) is 19.1 Å². The van der Waals surface area contributed by atoms with Crippen LogP contribution in [0.5, 0.6) is 5.75 Å². The molecule has 1 heterocycles. The number of aromatic nitrogens is 1. The van der Waals surface area contributed by atoms with Gasteiger partial charge in [0.2, 0.25) is 0 Å². The molecule has 110 valence electrons. The van der Waals surface area contributed by atoms with Gasteiger partial charge in [0, 0.05) is 25.1 Å². The number of anilines is 1. The van der Waals surface area contributed by atoms with Gasteiger partial charge >= 0.3 is 0 Å². The first-order valence-corrected chi connectivity index (χ1v) is 6.65. The SMILES string of the molecule is COc1cccc(N)c1C(=O)N(C)C(C)c1ccncc1. The topological polar surface area (TPSA) is 68.5 Å². The zero-order valence-electron chi connectivity index (χ0n) is 12.4. The summed E-state index contributed by atoms with van der Waals surface area (Å²) in [4.78, 5) is 18.3. The number of hydrogen-bond acceptors (Lipinski definition) is 4. The van der Waals surface area contributed by atoms with Crippen molar-refractivity contribution >= 4 is 11.6 Å². The predicted molar refractivity (Wildman–Crippen MR) is 82.2 cm³/mol. The second-order valence-corrected chi connectivity index (χ2v) is 4.80. The minimum absolute atomic E-state index is 0.0928. The van der Waals surface area contributed by atoms with Gasteiger partial charge in [0.15, 0.2) is 0 Å². The molecule has 0 radical (unpaired) electrons. The number of methoxy groups -OCH3 is 1. The summed E-state index contributed by atoms with van der Waals surface area (Å²) in [5, 5.41) is 0. The molecule has 0 fully saturated rings. The van der Waals surface area contributed by atoms with Gasteiger partial charge in [-0.15, -0.1) is 0 Å². The van der Waals surface area contributed by atoms with Crippen LogP contribution in [0.15, 0.2) is 42.7 Å². The van der Waals surface area contributed by atoms with Crippen molar-refractivity contribution in [3.63, 3.8) is 0 Å². The molecule has 1 unspecified atom stereocenters. The monoisotopic (exact) mass is 285 g/mol. The molecule has 2 aromatic rings. The molecule has 2 rings (SSSR count). The zero-order valence-corrected chi connectivity index (χ0v) is 12.4. The Morgan fingerprint density at radius 3 is 2.57 bits per heavy atom. The molecule has 2 N–H and O–H groups in total. The predicted octanol–water partition coefficient (Wildman–Crippen LogP) is 2.51. The molecular formula is C16H19N3O2. The van der Waals surface area contributed by atoms with Gasteiger partial charge in [-0.3, -0.25) is 9.78 Å². The Kier molecular flexibility index (Phi) is 4.42. The second-order valence-electron chi connectivity index (χ2n) is 4.80. The highest BCUT2D eigenvalue weighted by molar-refractivity contribution is 6.01. The van der Waals surface area contributed by atoms with Crippen LogP contribution in [0.25, 0.3) is 0 Å². The highest BCUT2D eigenvalue weighted by atomic mass is 16.5. The lowest BCUT2D eigenvalue weighted by Crippen LogP contribution is -2.30. The lowest BCUT2D eigenvalue weighted by atomic mass is 10.1. The van der Waals surface area contributed by atoms with Crippen LogP contribution in [0.3, 0.4) is 0 Å². The van der Waals surface area contributed by atoms with Crippen LogP contribution in [-0.2, 0) is 0 Å². The van der Waals surface area contributed by atoms with Gasteiger partial charge in [0.25, 0.3) is 5.91 Å². The quantitative estimate of drug-likeness (QED) is 0.876. The highest BCUT2D eigenvalue weighted by Crippen LogP contribution is 2.28. The van der Waals surface area contributed by atoms with E-state index in [0.29, 0.717) is 17.0 Å². The van der Waals surface area contributed by atoms with Crippen molar-refractivity contribution in [2.75, 3.05) is 19.9 Å². The molecule has 5 heteroatoms. The second kappa shape index (κ2) is 6.26. The first-order chi connectivity index (χ1) is 10.1. The molecule has 0 bridgehead atoms. The molecule has 0 saturated heterocycles. The first-order valence-electron chi connectivity index (χ1n) is 6.65. The van der Waals surface area contributed by atoms with Crippen LogP contribution in [0, 0.1) is 0 Å². The number of nitrogen functional groups attached to an aromatic ring is 1. The van der Waals surface area contributed by atoms with Crippen LogP contribution in [0.1, 0.15) is 28.9 Å². The Bertz CT molecular complexity index is 629. The molecule has 0 saturated carbocycles. The smallest absolute Gasteiger partial charge is 0.259 e. The third kappa shape index (κ3) is 2.97. The van der Waals surface area contributed by atoms with Crippen LogP contribution in [-0.4, -0.2) is 29.9 Å². The fraction of sp³-hybridized carbons (Fsp3) is 0.250. The average molecular weight is 285 g/mol. The molecule has 1 aromatic heterocycles. The average Bonchev–Trinajstić information content (AvgIpc) is 2.53. The highest BCUT2D eigenvalue weighted by Gasteiger charge is 2.23. The Morgan fingerprint density at radius 2 is 1.95 bits per heavy atom. The van der Waals surface area contributed by atoms with E-state index in [0.717, 1.165) is 5.56 Å². The number of nitrogens with two attached hydrogens (primary N) is 1. The van der Waals surface area contributed by atoms with Crippen molar-refractivity contribution in [1.29, 1.82) is 0 Å². The van der Waals surface area contributed by atoms with Gasteiger partial charge in [-0.05, 0) is 36.8 Å². The molecule has 0 spiro atoms. The van der Waals surface area contributed by atoms with E-state index in [4.69, 9.17) is 10.5 Å². The molecule has 1 atom stereocenters. The molecule has 0 aliphatic carbocycles. The van der Waals surface area contributed by atoms with E-state index in [9.17, 15) is 4.79 Å². The van der Waals surface area contributed by atoms with Crippen molar-refractivity contribution in [3.05, 3.63) is 53.9 Å². The summed E-state index contributed by atoms with van der Waals surface area (Å²) in [6, 6.07) is 8.87. The van der Waals surface area contributed by atoms with Crippen molar-refractivity contribution < 1.29 is 9.53 Å². The Morgan fingerprint density at radius 1 is 1.29 bits per heavy atom. The number of amides is 1. The summed E-state index contributed by atoms with van der Waals surface area (Å²) in [5.74, 6) is 0.308. The van der Waals surface area contributed by atoms with Gasteiger partial charge in [0.05, 0.1) is 13.2 Å². The maximum absolute atomic E-state index is 12.7. The fourth-order valence-corrected chi connectivity index (χ4v) is 2.16. The van der Waals surface area contributed by atoms with E-state index in [2.05, 4.69) is 4.98 Å².